The van der Waals surface area contributed by atoms with Gasteiger partial charge in [0, 0.05) is 11.9 Å². The Labute approximate surface area is 190 Å². The van der Waals surface area contributed by atoms with E-state index in [4.69, 9.17) is 4.98 Å². The topological polar surface area (TPSA) is 28.2 Å². The molecule has 3 heteroatoms. The normalized spacial score (nSPS) is 18.1. The molecule has 0 atom stereocenters. The third-order valence-electron chi connectivity index (χ3n) is 7.41. The number of nitrogens with zero attached hydrogens (tertiary/aromatic N) is 2. The van der Waals surface area contributed by atoms with E-state index in [1.807, 2.05) is 0 Å². The third kappa shape index (κ3) is 5.25. The first-order chi connectivity index (χ1) is 15.0. The van der Waals surface area contributed by atoms with Gasteiger partial charge in [-0.05, 0) is 117 Å². The number of aryl methyl sites for hydroxylation is 2. The van der Waals surface area contributed by atoms with Crippen molar-refractivity contribution in [2.24, 2.45) is 5.41 Å². The number of nitrogens with one attached hydrogen (secondary N) is 1. The van der Waals surface area contributed by atoms with Crippen molar-refractivity contribution >= 4 is 16.7 Å². The Bertz CT molecular complexity index is 893. The van der Waals surface area contributed by atoms with Crippen LogP contribution in [-0.2, 0) is 25.7 Å². The van der Waals surface area contributed by atoms with Crippen LogP contribution >= 0.6 is 0 Å². The molecule has 0 spiro atoms. The molecule has 1 aromatic heterocycles. The summed E-state index contributed by atoms with van der Waals surface area (Å²) in [5, 5.41) is 5.11. The van der Waals surface area contributed by atoms with Crippen molar-refractivity contribution in [3.63, 3.8) is 0 Å². The van der Waals surface area contributed by atoms with Crippen LogP contribution in [0.1, 0.15) is 88.5 Å². The number of pyridine rings is 1. The SMILES string of the molecule is CCCCNc1nc2cc(CCCCN3CCCC3)c(CC)cc2c2c1CC(C)(C)C2. The van der Waals surface area contributed by atoms with Crippen LogP contribution in [0.15, 0.2) is 12.1 Å². The first-order valence-corrected chi connectivity index (χ1v) is 12.9. The summed E-state index contributed by atoms with van der Waals surface area (Å²) >= 11 is 0. The second-order valence-electron chi connectivity index (χ2n) is 10.7. The highest BCUT2D eigenvalue weighted by atomic mass is 15.1. The van der Waals surface area contributed by atoms with Gasteiger partial charge in [-0.2, -0.15) is 0 Å². The lowest BCUT2D eigenvalue weighted by atomic mass is 9.89. The lowest BCUT2D eigenvalue weighted by molar-refractivity contribution is 0.330. The molecule has 1 N–H and O–H groups in total. The minimum absolute atomic E-state index is 0.333. The van der Waals surface area contributed by atoms with Crippen molar-refractivity contribution in [1.82, 2.24) is 9.88 Å². The molecular weight excluding hydrogens is 378 g/mol. The summed E-state index contributed by atoms with van der Waals surface area (Å²) in [6.07, 6.45) is 12.4. The Balaban J connectivity index is 1.58. The summed E-state index contributed by atoms with van der Waals surface area (Å²) in [6.45, 7) is 14.3. The summed E-state index contributed by atoms with van der Waals surface area (Å²) in [7, 11) is 0. The van der Waals surface area contributed by atoms with E-state index in [2.05, 4.69) is 50.0 Å². The molecule has 0 amide bonds. The van der Waals surface area contributed by atoms with Crippen LogP contribution in [0.5, 0.6) is 0 Å². The standard InChI is InChI=1S/C28H43N3/c1-5-7-13-29-27-25-20-28(3,4)19-24(25)23-17-21(6-2)22(18-26(23)30-27)12-8-9-14-31-15-10-11-16-31/h17-18H,5-16,19-20H2,1-4H3,(H,29,30). The molecule has 1 aliphatic heterocycles. The number of likely N-dealkylation sites (tertiary alicyclic amines) is 1. The predicted molar refractivity (Wildman–Crippen MR) is 134 cm³/mol. The molecule has 0 bridgehead atoms. The number of anilines is 1. The summed E-state index contributed by atoms with van der Waals surface area (Å²) < 4.78 is 0. The van der Waals surface area contributed by atoms with Gasteiger partial charge < -0.3 is 10.2 Å². The fourth-order valence-corrected chi connectivity index (χ4v) is 5.66. The second-order valence-corrected chi connectivity index (χ2v) is 10.7. The molecule has 2 heterocycles. The lowest BCUT2D eigenvalue weighted by Crippen LogP contribution is -2.20. The molecular formula is C28H43N3. The molecule has 0 saturated carbocycles. The maximum absolute atomic E-state index is 5.19. The van der Waals surface area contributed by atoms with E-state index in [-0.39, 0.29) is 0 Å². The van der Waals surface area contributed by atoms with E-state index in [0.29, 0.717) is 5.41 Å². The van der Waals surface area contributed by atoms with E-state index in [1.54, 1.807) is 5.56 Å². The average Bonchev–Trinajstić information content (AvgIpc) is 3.37. The molecule has 1 aliphatic carbocycles. The van der Waals surface area contributed by atoms with Crippen molar-refractivity contribution in [2.75, 3.05) is 31.5 Å². The lowest BCUT2D eigenvalue weighted by Gasteiger charge is -2.17. The summed E-state index contributed by atoms with van der Waals surface area (Å²) in [4.78, 5) is 7.83. The summed E-state index contributed by atoms with van der Waals surface area (Å²) in [6, 6.07) is 4.93. The first kappa shape index (κ1) is 22.6. The van der Waals surface area contributed by atoms with Crippen molar-refractivity contribution in [3.05, 3.63) is 34.4 Å². The van der Waals surface area contributed by atoms with Gasteiger partial charge in [0.05, 0.1) is 5.52 Å². The Kier molecular flexibility index (Phi) is 7.21. The van der Waals surface area contributed by atoms with Crippen LogP contribution in [0.2, 0.25) is 0 Å². The van der Waals surface area contributed by atoms with Crippen molar-refractivity contribution in [3.8, 4) is 0 Å². The van der Waals surface area contributed by atoms with Gasteiger partial charge in [0.1, 0.15) is 5.82 Å². The number of hydrogen-bond donors (Lipinski definition) is 1. The molecule has 4 rings (SSSR count). The quantitative estimate of drug-likeness (QED) is 0.441. The van der Waals surface area contributed by atoms with E-state index < -0.39 is 0 Å². The van der Waals surface area contributed by atoms with Gasteiger partial charge in [0.15, 0.2) is 0 Å². The van der Waals surface area contributed by atoms with Gasteiger partial charge in [0.25, 0.3) is 0 Å². The molecule has 1 aromatic carbocycles. The predicted octanol–water partition coefficient (Wildman–Crippen LogP) is 6.55. The zero-order valence-corrected chi connectivity index (χ0v) is 20.4. The molecule has 170 valence electrons. The highest BCUT2D eigenvalue weighted by Gasteiger charge is 2.32. The Morgan fingerprint density at radius 3 is 2.48 bits per heavy atom. The van der Waals surface area contributed by atoms with E-state index in [1.165, 1.54) is 98.6 Å². The van der Waals surface area contributed by atoms with E-state index in [9.17, 15) is 0 Å². The number of benzene rings is 1. The number of rotatable bonds is 10. The fourth-order valence-electron chi connectivity index (χ4n) is 5.66. The maximum atomic E-state index is 5.19. The third-order valence-corrected chi connectivity index (χ3v) is 7.41. The van der Waals surface area contributed by atoms with Crippen molar-refractivity contribution in [2.45, 2.75) is 91.9 Å². The van der Waals surface area contributed by atoms with Gasteiger partial charge in [-0.3, -0.25) is 0 Å². The Hall–Kier alpha value is -1.61. The molecule has 2 aliphatic rings. The first-order valence-electron chi connectivity index (χ1n) is 12.9. The minimum Gasteiger partial charge on any atom is -0.370 e. The molecule has 2 aromatic rings. The Morgan fingerprint density at radius 2 is 1.74 bits per heavy atom. The van der Waals surface area contributed by atoms with Gasteiger partial charge in [-0.15, -0.1) is 0 Å². The maximum Gasteiger partial charge on any atom is 0.130 e. The van der Waals surface area contributed by atoms with Crippen LogP contribution < -0.4 is 5.32 Å². The Morgan fingerprint density at radius 1 is 0.968 bits per heavy atom. The fraction of sp³-hybridized carbons (Fsp3) is 0.679. The van der Waals surface area contributed by atoms with Crippen molar-refractivity contribution in [1.29, 1.82) is 0 Å². The number of unbranched alkanes of at least 4 members (excludes halogenated alkanes) is 2. The molecule has 1 saturated heterocycles. The number of fused-ring (bicyclic) bond motifs is 3. The van der Waals surface area contributed by atoms with E-state index >= 15 is 0 Å². The highest BCUT2D eigenvalue weighted by Crippen LogP contribution is 2.43. The number of hydrogen-bond acceptors (Lipinski definition) is 3. The van der Waals surface area contributed by atoms with Crippen LogP contribution in [0.4, 0.5) is 5.82 Å². The van der Waals surface area contributed by atoms with Crippen LogP contribution in [0.3, 0.4) is 0 Å². The molecule has 31 heavy (non-hydrogen) atoms. The zero-order valence-electron chi connectivity index (χ0n) is 20.4. The van der Waals surface area contributed by atoms with Crippen LogP contribution in [0, 0.1) is 5.41 Å². The molecule has 0 radical (unpaired) electrons. The van der Waals surface area contributed by atoms with Gasteiger partial charge in [-0.25, -0.2) is 4.98 Å². The monoisotopic (exact) mass is 421 g/mol. The van der Waals surface area contributed by atoms with E-state index in [0.717, 1.165) is 25.2 Å². The molecule has 1 fully saturated rings. The summed E-state index contributed by atoms with van der Waals surface area (Å²) in [5.41, 5.74) is 7.65. The van der Waals surface area contributed by atoms with Gasteiger partial charge in [0.2, 0.25) is 0 Å². The highest BCUT2D eigenvalue weighted by molar-refractivity contribution is 5.88. The second kappa shape index (κ2) is 9.90. The number of aromatic nitrogens is 1. The minimum atomic E-state index is 0.333. The van der Waals surface area contributed by atoms with Gasteiger partial charge >= 0.3 is 0 Å². The summed E-state index contributed by atoms with van der Waals surface area (Å²) in [5.74, 6) is 1.16. The van der Waals surface area contributed by atoms with Crippen LogP contribution in [0.25, 0.3) is 10.9 Å². The largest absolute Gasteiger partial charge is 0.370 e. The zero-order chi connectivity index (χ0) is 21.8. The van der Waals surface area contributed by atoms with Crippen LogP contribution in [-0.4, -0.2) is 36.1 Å². The van der Waals surface area contributed by atoms with Crippen molar-refractivity contribution < 1.29 is 0 Å². The average molecular weight is 422 g/mol. The smallest absolute Gasteiger partial charge is 0.130 e. The molecule has 0 unspecified atom stereocenters. The molecule has 3 nitrogen and oxygen atoms in total. The van der Waals surface area contributed by atoms with Gasteiger partial charge in [-0.1, -0.05) is 34.1 Å².